The van der Waals surface area contributed by atoms with E-state index in [-0.39, 0.29) is 18.2 Å². The van der Waals surface area contributed by atoms with Crippen molar-refractivity contribution in [2.75, 3.05) is 39.4 Å². The number of amides is 1. The van der Waals surface area contributed by atoms with Gasteiger partial charge in [-0.05, 0) is 32.2 Å². The second-order valence-corrected chi connectivity index (χ2v) is 6.02. The molecule has 0 N–H and O–H groups in total. The van der Waals surface area contributed by atoms with Gasteiger partial charge in [0.2, 0.25) is 5.91 Å². The minimum atomic E-state index is -0.135. The molecule has 0 saturated carbocycles. The molecule has 0 aromatic rings. The highest BCUT2D eigenvalue weighted by Gasteiger charge is 2.34. The van der Waals surface area contributed by atoms with E-state index >= 15 is 0 Å². The number of piperidine rings is 1. The van der Waals surface area contributed by atoms with Crippen LogP contribution in [0.1, 0.15) is 46.0 Å². The van der Waals surface area contributed by atoms with Crippen molar-refractivity contribution >= 4 is 5.91 Å². The molecule has 1 unspecified atom stereocenters. The lowest BCUT2D eigenvalue weighted by molar-refractivity contribution is -0.139. The van der Waals surface area contributed by atoms with Crippen LogP contribution in [0.15, 0.2) is 0 Å². The van der Waals surface area contributed by atoms with Crippen molar-refractivity contribution in [1.82, 2.24) is 9.80 Å². The Balaban J connectivity index is 1.92. The number of likely N-dealkylation sites (tertiary alicyclic amines) is 1. The van der Waals surface area contributed by atoms with Gasteiger partial charge in [-0.25, -0.2) is 0 Å². The first kappa shape index (κ1) is 16.7. The Hall–Kier alpha value is -0.650. The number of rotatable bonds is 7. The summed E-state index contributed by atoms with van der Waals surface area (Å²) >= 11 is 0. The highest BCUT2D eigenvalue weighted by molar-refractivity contribution is 5.78. The summed E-state index contributed by atoms with van der Waals surface area (Å²) in [5.41, 5.74) is 0. The molecular formula is C16H30N2O3. The molecule has 2 rings (SSSR count). The lowest BCUT2D eigenvalue weighted by atomic mass is 10.0. The standard InChI is InChI=1S/C16H30N2O3/c1-3-8-17(9-4-2)15(19)13-18-10-6-5-7-14(18)16-20-11-12-21-16/h14,16H,3-13H2,1-2H3. The predicted molar refractivity (Wildman–Crippen MR) is 82.1 cm³/mol. The van der Waals surface area contributed by atoms with Crippen molar-refractivity contribution in [1.29, 1.82) is 0 Å². The first-order chi connectivity index (χ1) is 10.3. The second-order valence-electron chi connectivity index (χ2n) is 6.02. The monoisotopic (exact) mass is 298 g/mol. The molecule has 2 fully saturated rings. The number of carbonyl (C=O) groups excluding carboxylic acids is 1. The maximum absolute atomic E-state index is 12.6. The van der Waals surface area contributed by atoms with Crippen LogP contribution < -0.4 is 0 Å². The third kappa shape index (κ3) is 4.66. The highest BCUT2D eigenvalue weighted by atomic mass is 16.7. The van der Waals surface area contributed by atoms with Gasteiger partial charge in [0.1, 0.15) is 0 Å². The zero-order valence-electron chi connectivity index (χ0n) is 13.6. The zero-order chi connectivity index (χ0) is 15.1. The molecule has 2 heterocycles. The Labute approximate surface area is 128 Å². The molecule has 122 valence electrons. The lowest BCUT2D eigenvalue weighted by Crippen LogP contribution is -2.51. The summed E-state index contributed by atoms with van der Waals surface area (Å²) in [4.78, 5) is 16.8. The van der Waals surface area contributed by atoms with E-state index in [1.54, 1.807) is 0 Å². The minimum Gasteiger partial charge on any atom is -0.349 e. The van der Waals surface area contributed by atoms with Gasteiger partial charge in [0.05, 0.1) is 25.8 Å². The fraction of sp³-hybridized carbons (Fsp3) is 0.938. The van der Waals surface area contributed by atoms with Crippen molar-refractivity contribution in [3.8, 4) is 0 Å². The number of hydrogen-bond acceptors (Lipinski definition) is 4. The summed E-state index contributed by atoms with van der Waals surface area (Å²) in [6.07, 6.45) is 5.33. The zero-order valence-corrected chi connectivity index (χ0v) is 13.6. The van der Waals surface area contributed by atoms with Gasteiger partial charge in [-0.2, -0.15) is 0 Å². The summed E-state index contributed by atoms with van der Waals surface area (Å²) in [5, 5.41) is 0. The normalized spacial score (nSPS) is 24.4. The van der Waals surface area contributed by atoms with E-state index in [0.29, 0.717) is 19.8 Å². The van der Waals surface area contributed by atoms with E-state index < -0.39 is 0 Å². The molecule has 1 amide bonds. The van der Waals surface area contributed by atoms with Crippen molar-refractivity contribution in [3.63, 3.8) is 0 Å². The van der Waals surface area contributed by atoms with Gasteiger partial charge in [0.15, 0.2) is 6.29 Å². The maximum atomic E-state index is 12.6. The van der Waals surface area contributed by atoms with Crippen molar-refractivity contribution in [3.05, 3.63) is 0 Å². The second kappa shape index (κ2) is 8.71. The SMILES string of the molecule is CCCN(CCC)C(=O)CN1CCCCC1C1OCCO1. The molecule has 5 nitrogen and oxygen atoms in total. The van der Waals surface area contributed by atoms with E-state index in [1.165, 1.54) is 6.42 Å². The van der Waals surface area contributed by atoms with Crippen LogP contribution in [0.3, 0.4) is 0 Å². The van der Waals surface area contributed by atoms with Crippen LogP contribution in [-0.2, 0) is 14.3 Å². The first-order valence-corrected chi connectivity index (χ1v) is 8.51. The molecule has 0 aromatic carbocycles. The molecule has 0 spiro atoms. The summed E-state index contributed by atoms with van der Waals surface area (Å²) in [7, 11) is 0. The van der Waals surface area contributed by atoms with Crippen LogP contribution in [0.5, 0.6) is 0 Å². The summed E-state index contributed by atoms with van der Waals surface area (Å²) in [5.74, 6) is 0.253. The molecule has 2 aliphatic rings. The molecule has 5 heteroatoms. The number of carbonyl (C=O) groups is 1. The molecule has 0 aliphatic carbocycles. The van der Waals surface area contributed by atoms with Gasteiger partial charge in [-0.3, -0.25) is 9.69 Å². The maximum Gasteiger partial charge on any atom is 0.236 e. The lowest BCUT2D eigenvalue weighted by Gasteiger charge is -2.38. The summed E-state index contributed by atoms with van der Waals surface area (Å²) in [6.45, 7) is 8.82. The van der Waals surface area contributed by atoms with Gasteiger partial charge in [0.25, 0.3) is 0 Å². The molecule has 21 heavy (non-hydrogen) atoms. The minimum absolute atomic E-state index is 0.135. The fourth-order valence-electron chi connectivity index (χ4n) is 3.29. The summed E-state index contributed by atoms with van der Waals surface area (Å²) in [6, 6.07) is 0.246. The van der Waals surface area contributed by atoms with Crippen LogP contribution in [0.25, 0.3) is 0 Å². The van der Waals surface area contributed by atoms with Gasteiger partial charge >= 0.3 is 0 Å². The molecule has 0 aromatic heterocycles. The van der Waals surface area contributed by atoms with Crippen LogP contribution in [-0.4, -0.2) is 67.4 Å². The smallest absolute Gasteiger partial charge is 0.236 e. The Morgan fingerprint density at radius 1 is 1.14 bits per heavy atom. The topological polar surface area (TPSA) is 42.0 Å². The van der Waals surface area contributed by atoms with Crippen molar-refractivity contribution < 1.29 is 14.3 Å². The van der Waals surface area contributed by atoms with Crippen LogP contribution >= 0.6 is 0 Å². The Bertz CT molecular complexity index is 313. The number of nitrogens with zero attached hydrogens (tertiary/aromatic N) is 2. The van der Waals surface area contributed by atoms with Crippen molar-refractivity contribution in [2.45, 2.75) is 58.3 Å². The Morgan fingerprint density at radius 2 is 1.81 bits per heavy atom. The van der Waals surface area contributed by atoms with Gasteiger partial charge in [-0.1, -0.05) is 20.3 Å². The van der Waals surface area contributed by atoms with Crippen LogP contribution in [0.2, 0.25) is 0 Å². The molecule has 0 radical (unpaired) electrons. The van der Waals surface area contributed by atoms with E-state index in [1.807, 2.05) is 4.90 Å². The highest BCUT2D eigenvalue weighted by Crippen LogP contribution is 2.24. The fourth-order valence-corrected chi connectivity index (χ4v) is 3.29. The quantitative estimate of drug-likeness (QED) is 0.719. The molecule has 0 bridgehead atoms. The van der Waals surface area contributed by atoms with Crippen LogP contribution in [0.4, 0.5) is 0 Å². The average Bonchev–Trinajstić information content (AvgIpc) is 3.01. The Kier molecular flexibility index (Phi) is 6.93. The molecule has 2 aliphatic heterocycles. The van der Waals surface area contributed by atoms with E-state index in [4.69, 9.17) is 9.47 Å². The van der Waals surface area contributed by atoms with E-state index in [9.17, 15) is 4.79 Å². The Morgan fingerprint density at radius 3 is 2.43 bits per heavy atom. The molecule has 1 atom stereocenters. The third-order valence-corrected chi connectivity index (χ3v) is 4.30. The molecule has 2 saturated heterocycles. The molecular weight excluding hydrogens is 268 g/mol. The van der Waals surface area contributed by atoms with Crippen LogP contribution in [0, 0.1) is 0 Å². The van der Waals surface area contributed by atoms with Gasteiger partial charge < -0.3 is 14.4 Å². The van der Waals surface area contributed by atoms with E-state index in [0.717, 1.165) is 45.3 Å². The first-order valence-electron chi connectivity index (χ1n) is 8.51. The number of hydrogen-bond donors (Lipinski definition) is 0. The third-order valence-electron chi connectivity index (χ3n) is 4.30. The number of ether oxygens (including phenoxy) is 2. The van der Waals surface area contributed by atoms with E-state index in [2.05, 4.69) is 18.7 Å². The van der Waals surface area contributed by atoms with Gasteiger partial charge in [0, 0.05) is 13.1 Å². The summed E-state index contributed by atoms with van der Waals surface area (Å²) < 4.78 is 11.3. The largest absolute Gasteiger partial charge is 0.349 e. The average molecular weight is 298 g/mol. The van der Waals surface area contributed by atoms with Gasteiger partial charge in [-0.15, -0.1) is 0 Å². The predicted octanol–water partition coefficient (Wildman–Crippen LogP) is 1.86. The van der Waals surface area contributed by atoms with Crippen molar-refractivity contribution in [2.24, 2.45) is 0 Å².